The molecule has 6 aromatic carbocycles. The highest BCUT2D eigenvalue weighted by Crippen LogP contribution is 2.33. The Labute approximate surface area is 181 Å². The SMILES string of the molecule is c1ccc2cc3c(-c4ccc(Nc5cccc6ccccc56)cc4)cccc3cc2c1. The fourth-order valence-corrected chi connectivity index (χ4v) is 4.44. The lowest BCUT2D eigenvalue weighted by Crippen LogP contribution is -1.91. The van der Waals surface area contributed by atoms with Gasteiger partial charge in [-0.15, -0.1) is 0 Å². The molecule has 0 radical (unpaired) electrons. The van der Waals surface area contributed by atoms with Gasteiger partial charge in [-0.25, -0.2) is 0 Å². The average molecular weight is 396 g/mol. The summed E-state index contributed by atoms with van der Waals surface area (Å²) in [6.45, 7) is 0. The molecule has 0 aliphatic heterocycles. The molecule has 0 saturated carbocycles. The van der Waals surface area contributed by atoms with Gasteiger partial charge in [0.1, 0.15) is 0 Å². The molecule has 146 valence electrons. The number of hydrogen-bond donors (Lipinski definition) is 1. The molecular formula is C30H21N. The highest BCUT2D eigenvalue weighted by molar-refractivity contribution is 6.05. The van der Waals surface area contributed by atoms with Crippen molar-refractivity contribution in [1.29, 1.82) is 0 Å². The van der Waals surface area contributed by atoms with Gasteiger partial charge in [-0.1, -0.05) is 91.0 Å². The fourth-order valence-electron chi connectivity index (χ4n) is 4.44. The van der Waals surface area contributed by atoms with E-state index in [9.17, 15) is 0 Å². The lowest BCUT2D eigenvalue weighted by molar-refractivity contribution is 1.57. The maximum atomic E-state index is 3.59. The van der Waals surface area contributed by atoms with Crippen molar-refractivity contribution in [1.82, 2.24) is 0 Å². The molecule has 1 N–H and O–H groups in total. The van der Waals surface area contributed by atoms with Gasteiger partial charge >= 0.3 is 0 Å². The van der Waals surface area contributed by atoms with Crippen LogP contribution < -0.4 is 5.32 Å². The maximum Gasteiger partial charge on any atom is 0.0463 e. The molecule has 0 atom stereocenters. The van der Waals surface area contributed by atoms with E-state index in [1.165, 1.54) is 43.4 Å². The Balaban J connectivity index is 1.39. The van der Waals surface area contributed by atoms with Gasteiger partial charge in [0.15, 0.2) is 0 Å². The highest BCUT2D eigenvalue weighted by atomic mass is 14.9. The van der Waals surface area contributed by atoms with E-state index in [1.807, 2.05) is 0 Å². The van der Waals surface area contributed by atoms with Crippen LogP contribution in [0, 0.1) is 0 Å². The van der Waals surface area contributed by atoms with Crippen LogP contribution in [0.4, 0.5) is 11.4 Å². The summed E-state index contributed by atoms with van der Waals surface area (Å²) < 4.78 is 0. The van der Waals surface area contributed by atoms with Crippen LogP contribution in [0.3, 0.4) is 0 Å². The predicted octanol–water partition coefficient (Wildman–Crippen LogP) is 8.56. The third-order valence-electron chi connectivity index (χ3n) is 6.01. The number of rotatable bonds is 3. The Bertz CT molecular complexity index is 1540. The summed E-state index contributed by atoms with van der Waals surface area (Å²) in [5.74, 6) is 0. The minimum Gasteiger partial charge on any atom is -0.355 e. The van der Waals surface area contributed by atoms with Crippen LogP contribution in [0.15, 0.2) is 121 Å². The van der Waals surface area contributed by atoms with Crippen LogP contribution in [0.2, 0.25) is 0 Å². The Morgan fingerprint density at radius 1 is 0.419 bits per heavy atom. The van der Waals surface area contributed by atoms with Gasteiger partial charge in [0.25, 0.3) is 0 Å². The summed E-state index contributed by atoms with van der Waals surface area (Å²) in [5.41, 5.74) is 4.71. The molecule has 0 aromatic heterocycles. The lowest BCUT2D eigenvalue weighted by Gasteiger charge is -2.12. The maximum absolute atomic E-state index is 3.59. The van der Waals surface area contributed by atoms with E-state index in [0.717, 1.165) is 11.4 Å². The predicted molar refractivity (Wildman–Crippen MR) is 134 cm³/mol. The fraction of sp³-hybridized carbons (Fsp3) is 0. The van der Waals surface area contributed by atoms with E-state index in [2.05, 4.69) is 127 Å². The molecule has 0 fully saturated rings. The van der Waals surface area contributed by atoms with Gasteiger partial charge in [-0.2, -0.15) is 0 Å². The zero-order chi connectivity index (χ0) is 20.6. The van der Waals surface area contributed by atoms with Crippen LogP contribution in [0.1, 0.15) is 0 Å². The van der Waals surface area contributed by atoms with Gasteiger partial charge in [-0.3, -0.25) is 0 Å². The second-order valence-electron chi connectivity index (χ2n) is 7.96. The Morgan fingerprint density at radius 2 is 1.06 bits per heavy atom. The molecule has 0 spiro atoms. The molecule has 0 bridgehead atoms. The Morgan fingerprint density at radius 3 is 1.90 bits per heavy atom. The topological polar surface area (TPSA) is 12.0 Å². The smallest absolute Gasteiger partial charge is 0.0463 e. The number of benzene rings is 6. The number of anilines is 2. The quantitative estimate of drug-likeness (QED) is 0.296. The Kier molecular flexibility index (Phi) is 4.18. The van der Waals surface area contributed by atoms with E-state index in [-0.39, 0.29) is 0 Å². The summed E-state index contributed by atoms with van der Waals surface area (Å²) in [4.78, 5) is 0. The Hall–Kier alpha value is -4.10. The molecule has 6 aromatic rings. The summed E-state index contributed by atoms with van der Waals surface area (Å²) in [6, 6.07) is 43.3. The van der Waals surface area contributed by atoms with Crippen molar-refractivity contribution in [3.05, 3.63) is 121 Å². The number of fused-ring (bicyclic) bond motifs is 3. The molecular weight excluding hydrogens is 374 g/mol. The highest BCUT2D eigenvalue weighted by Gasteiger charge is 2.06. The summed E-state index contributed by atoms with van der Waals surface area (Å²) in [5, 5.41) is 11.2. The first kappa shape index (κ1) is 17.7. The first-order valence-electron chi connectivity index (χ1n) is 10.6. The van der Waals surface area contributed by atoms with Crippen LogP contribution in [0.25, 0.3) is 43.4 Å². The minimum atomic E-state index is 1.09. The zero-order valence-electron chi connectivity index (χ0n) is 17.0. The molecule has 6 rings (SSSR count). The van der Waals surface area contributed by atoms with Crippen LogP contribution in [-0.2, 0) is 0 Å². The molecule has 0 aliphatic rings. The standard InChI is InChI=1S/C30H21N/c1-2-9-24-20-29-25(19-23(24)8-1)11-5-13-27(29)22-15-17-26(18-16-22)31-30-14-6-10-21-7-3-4-12-28(21)30/h1-20,31H. The van der Waals surface area contributed by atoms with Gasteiger partial charge in [-0.05, 0) is 68.4 Å². The number of nitrogens with one attached hydrogen (secondary N) is 1. The van der Waals surface area contributed by atoms with Crippen molar-refractivity contribution >= 4 is 43.7 Å². The van der Waals surface area contributed by atoms with E-state index in [0.29, 0.717) is 0 Å². The first-order chi connectivity index (χ1) is 15.3. The normalized spacial score (nSPS) is 11.2. The summed E-state index contributed by atoms with van der Waals surface area (Å²) in [6.07, 6.45) is 0. The largest absolute Gasteiger partial charge is 0.355 e. The third-order valence-corrected chi connectivity index (χ3v) is 6.01. The molecule has 0 saturated heterocycles. The van der Waals surface area contributed by atoms with Crippen molar-refractivity contribution in [3.63, 3.8) is 0 Å². The molecule has 0 unspecified atom stereocenters. The molecule has 0 heterocycles. The monoisotopic (exact) mass is 395 g/mol. The zero-order valence-corrected chi connectivity index (χ0v) is 17.0. The summed E-state index contributed by atoms with van der Waals surface area (Å²) >= 11 is 0. The van der Waals surface area contributed by atoms with E-state index < -0.39 is 0 Å². The van der Waals surface area contributed by atoms with Crippen LogP contribution in [-0.4, -0.2) is 0 Å². The molecule has 1 nitrogen and oxygen atoms in total. The second kappa shape index (κ2) is 7.30. The molecule has 1 heteroatoms. The second-order valence-corrected chi connectivity index (χ2v) is 7.96. The number of hydrogen-bond acceptors (Lipinski definition) is 1. The average Bonchev–Trinajstić information content (AvgIpc) is 2.83. The van der Waals surface area contributed by atoms with Crippen molar-refractivity contribution in [3.8, 4) is 11.1 Å². The minimum absolute atomic E-state index is 1.09. The van der Waals surface area contributed by atoms with E-state index in [4.69, 9.17) is 0 Å². The van der Waals surface area contributed by atoms with Gasteiger partial charge in [0.05, 0.1) is 0 Å². The van der Waals surface area contributed by atoms with E-state index >= 15 is 0 Å². The third kappa shape index (κ3) is 3.21. The first-order valence-corrected chi connectivity index (χ1v) is 10.6. The molecule has 0 amide bonds. The lowest BCUT2D eigenvalue weighted by atomic mass is 9.95. The van der Waals surface area contributed by atoms with E-state index in [1.54, 1.807) is 0 Å². The summed E-state index contributed by atoms with van der Waals surface area (Å²) in [7, 11) is 0. The van der Waals surface area contributed by atoms with Crippen LogP contribution >= 0.6 is 0 Å². The van der Waals surface area contributed by atoms with Gasteiger partial charge in [0.2, 0.25) is 0 Å². The van der Waals surface area contributed by atoms with Crippen LogP contribution in [0.5, 0.6) is 0 Å². The molecule has 31 heavy (non-hydrogen) atoms. The molecule has 0 aliphatic carbocycles. The van der Waals surface area contributed by atoms with Crippen molar-refractivity contribution in [2.75, 3.05) is 5.32 Å². The van der Waals surface area contributed by atoms with Crippen molar-refractivity contribution in [2.45, 2.75) is 0 Å². The van der Waals surface area contributed by atoms with Crippen molar-refractivity contribution < 1.29 is 0 Å². The van der Waals surface area contributed by atoms with Crippen molar-refractivity contribution in [2.24, 2.45) is 0 Å². The van der Waals surface area contributed by atoms with Gasteiger partial charge < -0.3 is 5.32 Å². The van der Waals surface area contributed by atoms with Gasteiger partial charge in [0, 0.05) is 16.8 Å².